The Labute approximate surface area is 192 Å². The molecule has 8 nitrogen and oxygen atoms in total. The lowest BCUT2D eigenvalue weighted by Crippen LogP contribution is -2.04. The molecule has 5 aromatic rings. The average Bonchev–Trinajstić information content (AvgIpc) is 3.55. The third-order valence-electron chi connectivity index (χ3n) is 5.29. The summed E-state index contributed by atoms with van der Waals surface area (Å²) in [7, 11) is 2.15. The molecule has 166 valence electrons. The van der Waals surface area contributed by atoms with E-state index in [9.17, 15) is 4.21 Å². The molecule has 0 aliphatic rings. The quantitative estimate of drug-likeness (QED) is 0.368. The van der Waals surface area contributed by atoms with Crippen LogP contribution in [-0.2, 0) is 10.8 Å². The van der Waals surface area contributed by atoms with Crippen LogP contribution in [-0.4, -0.2) is 44.4 Å². The Balaban J connectivity index is 1.63. The molecule has 0 amide bonds. The Morgan fingerprint density at radius 2 is 1.70 bits per heavy atom. The second-order valence-corrected chi connectivity index (χ2v) is 8.64. The molecule has 3 heterocycles. The van der Waals surface area contributed by atoms with E-state index in [4.69, 9.17) is 23.9 Å². The zero-order valence-electron chi connectivity index (χ0n) is 18.2. The van der Waals surface area contributed by atoms with Gasteiger partial charge in [-0.2, -0.15) is 5.10 Å². The van der Waals surface area contributed by atoms with Crippen LogP contribution in [0.5, 0.6) is 11.5 Å². The lowest BCUT2D eigenvalue weighted by molar-refractivity contribution is 0.356. The van der Waals surface area contributed by atoms with Gasteiger partial charge in [-0.1, -0.05) is 12.1 Å². The maximum atomic E-state index is 11.7. The highest BCUT2D eigenvalue weighted by molar-refractivity contribution is 7.84. The van der Waals surface area contributed by atoms with Crippen LogP contribution in [0, 0.1) is 0 Å². The number of rotatable bonds is 6. The fraction of sp³-hybridized carbons (Fsp3) is 0.125. The topological polar surface area (TPSA) is 92.3 Å². The highest BCUT2D eigenvalue weighted by Gasteiger charge is 2.17. The first kappa shape index (κ1) is 20.9. The molecule has 0 saturated heterocycles. The predicted molar refractivity (Wildman–Crippen MR) is 125 cm³/mol. The van der Waals surface area contributed by atoms with Crippen LogP contribution in [0.4, 0.5) is 0 Å². The van der Waals surface area contributed by atoms with Crippen molar-refractivity contribution in [1.82, 2.24) is 19.7 Å². The Morgan fingerprint density at radius 1 is 0.939 bits per heavy atom. The summed E-state index contributed by atoms with van der Waals surface area (Å²) in [5, 5.41) is 5.28. The maximum Gasteiger partial charge on any atom is 0.251 e. The molecule has 0 fully saturated rings. The van der Waals surface area contributed by atoms with Gasteiger partial charge in [0.2, 0.25) is 0 Å². The van der Waals surface area contributed by atoms with Gasteiger partial charge in [0.1, 0.15) is 0 Å². The number of nitrogens with zero attached hydrogens (tertiary/aromatic N) is 4. The van der Waals surface area contributed by atoms with Crippen LogP contribution < -0.4 is 9.47 Å². The SMILES string of the molecule is COc1cc2nc(-n3cc(-c4ccc(S(C)=O)cc4)cn3)nc(-c3ccoc3)c2cc1OC. The Hall–Kier alpha value is -3.98. The fourth-order valence-electron chi connectivity index (χ4n) is 3.59. The van der Waals surface area contributed by atoms with E-state index < -0.39 is 10.8 Å². The van der Waals surface area contributed by atoms with Crippen LogP contribution in [0.3, 0.4) is 0 Å². The minimum absolute atomic E-state index is 0.406. The van der Waals surface area contributed by atoms with Crippen molar-refractivity contribution < 1.29 is 18.1 Å². The Bertz CT molecular complexity index is 1460. The highest BCUT2D eigenvalue weighted by Crippen LogP contribution is 2.36. The second-order valence-electron chi connectivity index (χ2n) is 7.26. The van der Waals surface area contributed by atoms with Crippen molar-refractivity contribution in [2.75, 3.05) is 20.5 Å². The molecule has 0 bridgehead atoms. The summed E-state index contributed by atoms with van der Waals surface area (Å²) in [5.74, 6) is 1.56. The third kappa shape index (κ3) is 3.87. The van der Waals surface area contributed by atoms with Crippen LogP contribution in [0.2, 0.25) is 0 Å². The van der Waals surface area contributed by atoms with Crippen molar-refractivity contribution in [1.29, 1.82) is 0 Å². The molecule has 5 rings (SSSR count). The van der Waals surface area contributed by atoms with Crippen LogP contribution in [0.25, 0.3) is 39.2 Å². The van der Waals surface area contributed by atoms with E-state index in [2.05, 4.69) is 5.10 Å². The zero-order valence-corrected chi connectivity index (χ0v) is 19.0. The number of methoxy groups -OCH3 is 2. The molecule has 33 heavy (non-hydrogen) atoms. The largest absolute Gasteiger partial charge is 0.493 e. The van der Waals surface area contributed by atoms with Gasteiger partial charge in [0.25, 0.3) is 5.95 Å². The highest BCUT2D eigenvalue weighted by atomic mass is 32.2. The van der Waals surface area contributed by atoms with Crippen molar-refractivity contribution in [3.8, 4) is 39.8 Å². The summed E-state index contributed by atoms with van der Waals surface area (Å²) in [6, 6.07) is 13.1. The van der Waals surface area contributed by atoms with Crippen molar-refractivity contribution in [3.63, 3.8) is 0 Å². The van der Waals surface area contributed by atoms with Gasteiger partial charge >= 0.3 is 0 Å². The first-order valence-electron chi connectivity index (χ1n) is 10.0. The smallest absolute Gasteiger partial charge is 0.251 e. The van der Waals surface area contributed by atoms with Gasteiger partial charge in [0.05, 0.1) is 44.2 Å². The number of hydrogen-bond acceptors (Lipinski definition) is 7. The minimum atomic E-state index is -1.02. The van der Waals surface area contributed by atoms with Crippen molar-refractivity contribution in [2.24, 2.45) is 0 Å². The van der Waals surface area contributed by atoms with Gasteiger partial charge in [-0.05, 0) is 29.8 Å². The summed E-state index contributed by atoms with van der Waals surface area (Å²) in [6.07, 6.45) is 8.50. The van der Waals surface area contributed by atoms with E-state index in [0.29, 0.717) is 28.7 Å². The zero-order chi connectivity index (χ0) is 22.9. The van der Waals surface area contributed by atoms with Gasteiger partial charge in [0.15, 0.2) is 11.5 Å². The molecule has 3 aromatic heterocycles. The number of benzene rings is 2. The lowest BCUT2D eigenvalue weighted by atomic mass is 10.1. The maximum absolute atomic E-state index is 11.7. The molecule has 0 aliphatic heterocycles. The van der Waals surface area contributed by atoms with E-state index in [1.165, 1.54) is 0 Å². The fourth-order valence-corrected chi connectivity index (χ4v) is 4.10. The van der Waals surface area contributed by atoms with Gasteiger partial charge in [0, 0.05) is 50.7 Å². The standard InChI is InChI=1S/C24H20N4O4S/c1-30-21-10-19-20(11-22(21)31-2)26-24(27-23(19)16-8-9-32-14-16)28-13-17(12-25-28)15-4-6-18(7-5-15)33(3)29/h4-14H,1-3H3. The van der Waals surface area contributed by atoms with Gasteiger partial charge < -0.3 is 13.9 Å². The van der Waals surface area contributed by atoms with Crippen molar-refractivity contribution in [2.45, 2.75) is 4.90 Å². The predicted octanol–water partition coefficient (Wildman–Crippen LogP) is 4.50. The number of ether oxygens (including phenoxy) is 2. The van der Waals surface area contributed by atoms with Gasteiger partial charge in [-0.15, -0.1) is 0 Å². The molecule has 0 aliphatic carbocycles. The second kappa shape index (κ2) is 8.51. The normalized spacial score (nSPS) is 12.1. The van der Waals surface area contributed by atoms with E-state index in [1.54, 1.807) is 43.9 Å². The number of aromatic nitrogens is 4. The molecule has 0 spiro atoms. The summed E-state index contributed by atoms with van der Waals surface area (Å²) < 4.78 is 29.5. The van der Waals surface area contributed by atoms with Crippen LogP contribution >= 0.6 is 0 Å². The van der Waals surface area contributed by atoms with Crippen molar-refractivity contribution in [3.05, 3.63) is 67.4 Å². The number of hydrogen-bond donors (Lipinski definition) is 0. The summed E-state index contributed by atoms with van der Waals surface area (Å²) >= 11 is 0. The molecular weight excluding hydrogens is 440 g/mol. The van der Waals surface area contributed by atoms with Crippen LogP contribution in [0.15, 0.2) is 76.7 Å². The molecule has 1 atom stereocenters. The number of furan rings is 1. The average molecular weight is 461 g/mol. The Morgan fingerprint density at radius 3 is 2.36 bits per heavy atom. The van der Waals surface area contributed by atoms with Gasteiger partial charge in [-0.25, -0.2) is 14.6 Å². The lowest BCUT2D eigenvalue weighted by Gasteiger charge is -2.12. The third-order valence-corrected chi connectivity index (χ3v) is 6.23. The van der Waals surface area contributed by atoms with E-state index in [0.717, 1.165) is 27.0 Å². The molecule has 1 unspecified atom stereocenters. The van der Waals surface area contributed by atoms with E-state index in [1.807, 2.05) is 48.7 Å². The summed E-state index contributed by atoms with van der Waals surface area (Å²) in [6.45, 7) is 0. The van der Waals surface area contributed by atoms with E-state index >= 15 is 0 Å². The van der Waals surface area contributed by atoms with E-state index in [-0.39, 0.29) is 0 Å². The molecule has 0 N–H and O–H groups in total. The first-order valence-corrected chi connectivity index (χ1v) is 11.6. The molecule has 0 radical (unpaired) electrons. The van der Waals surface area contributed by atoms with Crippen LogP contribution in [0.1, 0.15) is 0 Å². The molecule has 0 saturated carbocycles. The summed E-state index contributed by atoms with van der Waals surface area (Å²) in [5.41, 5.74) is 4.03. The van der Waals surface area contributed by atoms with Gasteiger partial charge in [-0.3, -0.25) is 4.21 Å². The Kier molecular flexibility index (Phi) is 5.39. The molecule has 2 aromatic carbocycles. The molecule has 9 heteroatoms. The first-order chi connectivity index (χ1) is 16.1. The minimum Gasteiger partial charge on any atom is -0.493 e. The monoisotopic (exact) mass is 460 g/mol. The number of fused-ring (bicyclic) bond motifs is 1. The molecular formula is C24H20N4O4S. The summed E-state index contributed by atoms with van der Waals surface area (Å²) in [4.78, 5) is 10.3. The van der Waals surface area contributed by atoms with Crippen molar-refractivity contribution >= 4 is 21.7 Å².